The zero-order valence-corrected chi connectivity index (χ0v) is 12.3. The van der Waals surface area contributed by atoms with Gasteiger partial charge in [0.2, 0.25) is 0 Å². The van der Waals surface area contributed by atoms with E-state index in [1.54, 1.807) is 18.2 Å². The Morgan fingerprint density at radius 1 is 1.30 bits per heavy atom. The molecule has 20 heavy (non-hydrogen) atoms. The van der Waals surface area contributed by atoms with Gasteiger partial charge >= 0.3 is 6.18 Å². The van der Waals surface area contributed by atoms with Gasteiger partial charge in [0.05, 0.1) is 6.61 Å². The maximum absolute atomic E-state index is 12.1. The lowest BCUT2D eigenvalue weighted by Gasteiger charge is -2.20. The lowest BCUT2D eigenvalue weighted by molar-refractivity contribution is -0.174. The first-order valence-corrected chi connectivity index (χ1v) is 6.79. The van der Waals surface area contributed by atoms with Crippen molar-refractivity contribution in [3.63, 3.8) is 0 Å². The third-order valence-electron chi connectivity index (χ3n) is 2.68. The fraction of sp³-hybridized carbons (Fsp3) is 0.571. The topological polar surface area (TPSA) is 21.3 Å². The van der Waals surface area contributed by atoms with Gasteiger partial charge in [0.15, 0.2) is 0 Å². The quantitative estimate of drug-likeness (QED) is 0.822. The van der Waals surface area contributed by atoms with Crippen LogP contribution in [0.4, 0.5) is 13.2 Å². The molecule has 1 unspecified atom stereocenters. The van der Waals surface area contributed by atoms with Gasteiger partial charge in [-0.15, -0.1) is 0 Å². The minimum Gasteiger partial charge on any atom is -0.371 e. The molecule has 1 rings (SSSR count). The number of alkyl halides is 3. The van der Waals surface area contributed by atoms with Crippen LogP contribution in [0.25, 0.3) is 0 Å². The van der Waals surface area contributed by atoms with Crippen LogP contribution in [0.5, 0.6) is 0 Å². The van der Waals surface area contributed by atoms with E-state index in [1.165, 1.54) is 0 Å². The molecular weight excluding hydrogens is 291 g/mol. The Balaban J connectivity index is 2.65. The molecule has 0 saturated carbocycles. The van der Waals surface area contributed by atoms with Crippen molar-refractivity contribution >= 4 is 11.6 Å². The average Bonchev–Trinajstić information content (AvgIpc) is 2.31. The molecule has 0 bridgehead atoms. The Labute approximate surface area is 122 Å². The summed E-state index contributed by atoms with van der Waals surface area (Å²) in [7, 11) is 0. The normalized spacial score (nSPS) is 13.8. The van der Waals surface area contributed by atoms with Crippen molar-refractivity contribution in [2.24, 2.45) is 0 Å². The third kappa shape index (κ3) is 7.12. The number of halogens is 4. The minimum atomic E-state index is -4.30. The molecule has 114 valence electrons. The second-order valence-electron chi connectivity index (χ2n) is 4.95. The van der Waals surface area contributed by atoms with Gasteiger partial charge in [0.1, 0.15) is 6.61 Å². The minimum absolute atomic E-state index is 0.000424. The van der Waals surface area contributed by atoms with Crippen LogP contribution in [0.3, 0.4) is 0 Å². The van der Waals surface area contributed by atoms with Gasteiger partial charge < -0.3 is 10.1 Å². The largest absolute Gasteiger partial charge is 0.411 e. The zero-order chi connectivity index (χ0) is 15.2. The lowest BCUT2D eigenvalue weighted by Crippen LogP contribution is -2.31. The highest BCUT2D eigenvalue weighted by Crippen LogP contribution is 2.21. The van der Waals surface area contributed by atoms with E-state index < -0.39 is 12.8 Å². The molecule has 0 spiro atoms. The van der Waals surface area contributed by atoms with E-state index in [9.17, 15) is 13.2 Å². The molecule has 2 nitrogen and oxygen atoms in total. The fourth-order valence-electron chi connectivity index (χ4n) is 1.73. The van der Waals surface area contributed by atoms with Crippen LogP contribution < -0.4 is 5.32 Å². The number of rotatable bonds is 7. The zero-order valence-electron chi connectivity index (χ0n) is 11.5. The summed E-state index contributed by atoms with van der Waals surface area (Å²) in [5.74, 6) is -0.168. The summed E-state index contributed by atoms with van der Waals surface area (Å²) in [5.41, 5.74) is 0.868. The highest BCUT2D eigenvalue weighted by atomic mass is 35.5. The van der Waals surface area contributed by atoms with Gasteiger partial charge in [-0.1, -0.05) is 37.6 Å². The van der Waals surface area contributed by atoms with Crippen LogP contribution in [-0.4, -0.2) is 32.0 Å². The van der Waals surface area contributed by atoms with Crippen molar-refractivity contribution in [2.45, 2.75) is 32.0 Å². The molecule has 1 aromatic carbocycles. The molecule has 1 atom stereocenters. The molecule has 1 aromatic rings. The van der Waals surface area contributed by atoms with Gasteiger partial charge in [-0.05, 0) is 17.7 Å². The number of benzene rings is 1. The monoisotopic (exact) mass is 309 g/mol. The fourth-order valence-corrected chi connectivity index (χ4v) is 1.93. The first kappa shape index (κ1) is 17.3. The summed E-state index contributed by atoms with van der Waals surface area (Å²) in [5, 5.41) is 3.77. The van der Waals surface area contributed by atoms with Crippen LogP contribution in [-0.2, 0) is 4.74 Å². The van der Waals surface area contributed by atoms with E-state index in [0.29, 0.717) is 11.6 Å². The van der Waals surface area contributed by atoms with Crippen molar-refractivity contribution in [1.82, 2.24) is 5.32 Å². The molecule has 0 aliphatic heterocycles. The van der Waals surface area contributed by atoms with Crippen LogP contribution in [0.15, 0.2) is 24.3 Å². The summed E-state index contributed by atoms with van der Waals surface area (Å²) >= 11 is 5.92. The van der Waals surface area contributed by atoms with Crippen LogP contribution in [0.2, 0.25) is 5.02 Å². The number of ether oxygens (including phenoxy) is 1. The van der Waals surface area contributed by atoms with Gasteiger partial charge in [-0.25, -0.2) is 0 Å². The Kier molecular flexibility index (Phi) is 6.79. The van der Waals surface area contributed by atoms with Gasteiger partial charge in [-0.2, -0.15) is 13.2 Å². The Hall–Kier alpha value is -0.780. The van der Waals surface area contributed by atoms with Gasteiger partial charge in [0, 0.05) is 23.5 Å². The Bertz CT molecular complexity index is 410. The lowest BCUT2D eigenvalue weighted by atomic mass is 10.00. The van der Waals surface area contributed by atoms with Crippen LogP contribution in [0, 0.1) is 0 Å². The smallest absolute Gasteiger partial charge is 0.371 e. The Morgan fingerprint density at radius 2 is 2.00 bits per heavy atom. The van der Waals surface area contributed by atoms with Crippen molar-refractivity contribution in [3.05, 3.63) is 34.9 Å². The molecule has 1 N–H and O–H groups in total. The van der Waals surface area contributed by atoms with E-state index in [4.69, 9.17) is 16.3 Å². The van der Waals surface area contributed by atoms with Crippen molar-refractivity contribution in [2.75, 3.05) is 19.8 Å². The molecule has 6 heteroatoms. The molecule has 0 radical (unpaired) electrons. The van der Waals surface area contributed by atoms with Crippen molar-refractivity contribution in [3.8, 4) is 0 Å². The molecule has 0 saturated heterocycles. The van der Waals surface area contributed by atoms with Crippen LogP contribution >= 0.6 is 11.6 Å². The maximum atomic E-state index is 12.1. The predicted molar refractivity (Wildman–Crippen MR) is 74.2 cm³/mol. The van der Waals surface area contributed by atoms with E-state index in [0.717, 1.165) is 5.56 Å². The molecule has 0 aromatic heterocycles. The summed E-state index contributed by atoms with van der Waals surface area (Å²) in [6, 6.07) is 7.36. The third-order valence-corrected chi connectivity index (χ3v) is 2.91. The highest BCUT2D eigenvalue weighted by Gasteiger charge is 2.28. The summed E-state index contributed by atoms with van der Waals surface area (Å²) < 4.78 is 41.2. The maximum Gasteiger partial charge on any atom is 0.411 e. The molecule has 0 amide bonds. The molecule has 0 aliphatic carbocycles. The van der Waals surface area contributed by atoms with Crippen molar-refractivity contribution in [1.29, 1.82) is 0 Å². The first-order chi connectivity index (χ1) is 9.28. The van der Waals surface area contributed by atoms with E-state index in [2.05, 4.69) is 5.32 Å². The SMILES string of the molecule is CC(C)NCC(COCC(F)(F)F)c1cccc(Cl)c1. The first-order valence-electron chi connectivity index (χ1n) is 6.41. The summed E-state index contributed by atoms with van der Waals surface area (Å²) in [4.78, 5) is 0. The molecule has 0 aliphatic rings. The second-order valence-corrected chi connectivity index (χ2v) is 5.38. The van der Waals surface area contributed by atoms with E-state index in [-0.39, 0.29) is 18.6 Å². The number of nitrogens with one attached hydrogen (secondary N) is 1. The van der Waals surface area contributed by atoms with Gasteiger partial charge in [-0.3, -0.25) is 0 Å². The molecule has 0 fully saturated rings. The summed E-state index contributed by atoms with van der Waals surface area (Å²) in [6.07, 6.45) is -4.30. The van der Waals surface area contributed by atoms with Gasteiger partial charge in [0.25, 0.3) is 0 Å². The van der Waals surface area contributed by atoms with E-state index in [1.807, 2.05) is 19.9 Å². The summed E-state index contributed by atoms with van der Waals surface area (Å²) in [6.45, 7) is 3.26. The Morgan fingerprint density at radius 3 is 2.55 bits per heavy atom. The standard InChI is InChI=1S/C14H19ClF3NO/c1-10(2)19-7-12(8-20-9-14(16,17)18)11-4-3-5-13(15)6-11/h3-6,10,12,19H,7-9H2,1-2H3. The van der Waals surface area contributed by atoms with Crippen LogP contribution in [0.1, 0.15) is 25.3 Å². The number of hydrogen-bond donors (Lipinski definition) is 1. The molecular formula is C14H19ClF3NO. The van der Waals surface area contributed by atoms with E-state index >= 15 is 0 Å². The molecule has 0 heterocycles. The predicted octanol–water partition coefficient (Wildman–Crippen LogP) is 4.00. The average molecular weight is 310 g/mol. The van der Waals surface area contributed by atoms with Crippen molar-refractivity contribution < 1.29 is 17.9 Å². The number of hydrogen-bond acceptors (Lipinski definition) is 2. The second kappa shape index (κ2) is 7.86. The highest BCUT2D eigenvalue weighted by molar-refractivity contribution is 6.30.